The minimum absolute atomic E-state index is 0.108. The van der Waals surface area contributed by atoms with Gasteiger partial charge in [0.05, 0.1) is 0 Å². The molecular weight excluding hydrogens is 997 g/mol. The number of allylic oxidation sites excluding steroid dienone is 26. The molecule has 6 heteroatoms. The van der Waals surface area contributed by atoms with E-state index in [9.17, 15) is 14.4 Å². The molecule has 0 heterocycles. The van der Waals surface area contributed by atoms with Gasteiger partial charge in [-0.1, -0.05) is 269 Å². The summed E-state index contributed by atoms with van der Waals surface area (Å²) in [6, 6.07) is 0. The molecule has 0 aliphatic rings. The molecule has 0 fully saturated rings. The summed E-state index contributed by atoms with van der Waals surface area (Å²) in [6.07, 6.45) is 98.2. The number of carbonyl (C=O) groups is 3. The van der Waals surface area contributed by atoms with E-state index in [0.717, 1.165) is 148 Å². The van der Waals surface area contributed by atoms with Gasteiger partial charge in [0, 0.05) is 19.3 Å². The number of ether oxygens (including phenoxy) is 3. The number of hydrogen-bond donors (Lipinski definition) is 0. The molecule has 0 aromatic rings. The van der Waals surface area contributed by atoms with E-state index in [1.54, 1.807) is 0 Å². The molecule has 6 nitrogen and oxygen atoms in total. The zero-order chi connectivity index (χ0) is 58.5. The third-order valence-electron chi connectivity index (χ3n) is 13.5. The number of carbonyl (C=O) groups excluding carboxylic acids is 3. The van der Waals surface area contributed by atoms with Gasteiger partial charge in [-0.2, -0.15) is 0 Å². The second-order valence-corrected chi connectivity index (χ2v) is 21.3. The summed E-state index contributed by atoms with van der Waals surface area (Å²) >= 11 is 0. The molecule has 0 amide bonds. The first-order valence-electron chi connectivity index (χ1n) is 33.0. The standard InChI is InChI=1S/C75H120O6/c1-4-7-10-13-16-19-22-25-28-30-32-34-35-36-37-38-39-41-42-44-47-50-53-56-59-62-65-68-74(77)80-71-72(70-79-73(76)67-64-61-58-55-52-49-46-27-24-21-18-15-12-9-6-3)81-75(78)69-66-63-60-57-54-51-48-45-43-40-33-31-29-26-23-20-17-14-11-8-5-2/h7-8,10-11,16-21,25-29,32-34,36-37,40,45-46,48,54,57,72H,4-6,9,12-15,22-24,30-31,35,38-39,41-44,47,49-53,55-56,58-71H2,1-3H3/b10-7-,11-8-,19-16-,20-17-,21-18-,28-25-,29-26-,34-32-,37-36-,40-33-,46-27-,48-45-,57-54-. The lowest BCUT2D eigenvalue weighted by atomic mass is 10.0. The zero-order valence-electron chi connectivity index (χ0n) is 52.2. The molecule has 0 aromatic carbocycles. The van der Waals surface area contributed by atoms with Gasteiger partial charge in [-0.3, -0.25) is 14.4 Å². The van der Waals surface area contributed by atoms with Crippen LogP contribution in [0.25, 0.3) is 0 Å². The van der Waals surface area contributed by atoms with Crippen LogP contribution in [0.15, 0.2) is 158 Å². The molecule has 0 rings (SSSR count). The second kappa shape index (κ2) is 67.5. The summed E-state index contributed by atoms with van der Waals surface area (Å²) in [7, 11) is 0. The first kappa shape index (κ1) is 76.0. The van der Waals surface area contributed by atoms with Crippen molar-refractivity contribution in [3.63, 3.8) is 0 Å². The highest BCUT2D eigenvalue weighted by atomic mass is 16.6. The van der Waals surface area contributed by atoms with E-state index in [1.165, 1.54) is 83.5 Å². The molecule has 0 aliphatic carbocycles. The van der Waals surface area contributed by atoms with Crippen molar-refractivity contribution < 1.29 is 28.6 Å². The number of unbranched alkanes of at least 4 members (excludes halogenated alkanes) is 21. The predicted octanol–water partition coefficient (Wildman–Crippen LogP) is 22.9. The Morgan fingerprint density at radius 2 is 0.481 bits per heavy atom. The van der Waals surface area contributed by atoms with Crippen LogP contribution in [-0.4, -0.2) is 37.2 Å². The van der Waals surface area contributed by atoms with Crippen LogP contribution < -0.4 is 0 Å². The fourth-order valence-electron chi connectivity index (χ4n) is 8.62. The molecule has 0 bridgehead atoms. The molecule has 1 atom stereocenters. The van der Waals surface area contributed by atoms with Crippen LogP contribution in [0.4, 0.5) is 0 Å². The molecule has 0 aromatic heterocycles. The average Bonchev–Trinajstić information content (AvgIpc) is 3.47. The third kappa shape index (κ3) is 65.7. The predicted molar refractivity (Wildman–Crippen MR) is 352 cm³/mol. The van der Waals surface area contributed by atoms with Crippen LogP contribution >= 0.6 is 0 Å². The van der Waals surface area contributed by atoms with E-state index in [-0.39, 0.29) is 37.5 Å². The van der Waals surface area contributed by atoms with Gasteiger partial charge in [-0.15, -0.1) is 0 Å². The number of rotatable bonds is 58. The van der Waals surface area contributed by atoms with Crippen molar-refractivity contribution in [2.45, 2.75) is 284 Å². The van der Waals surface area contributed by atoms with Crippen molar-refractivity contribution >= 4 is 17.9 Å². The Hall–Kier alpha value is -4.97. The van der Waals surface area contributed by atoms with Crippen molar-refractivity contribution in [1.82, 2.24) is 0 Å². The Labute approximate surface area is 499 Å². The summed E-state index contributed by atoms with van der Waals surface area (Å²) in [4.78, 5) is 38.4. The monoisotopic (exact) mass is 1120 g/mol. The number of esters is 3. The highest BCUT2D eigenvalue weighted by molar-refractivity contribution is 5.71. The summed E-state index contributed by atoms with van der Waals surface area (Å²) in [6.45, 7) is 6.34. The van der Waals surface area contributed by atoms with Crippen molar-refractivity contribution in [1.29, 1.82) is 0 Å². The molecule has 0 radical (unpaired) electrons. The first-order valence-corrected chi connectivity index (χ1v) is 33.0. The van der Waals surface area contributed by atoms with Crippen LogP contribution in [0, 0.1) is 0 Å². The lowest BCUT2D eigenvalue weighted by Crippen LogP contribution is -2.30. The molecule has 0 saturated heterocycles. The lowest BCUT2D eigenvalue weighted by Gasteiger charge is -2.18. The maximum atomic E-state index is 12.9. The quantitative estimate of drug-likeness (QED) is 0.0261. The topological polar surface area (TPSA) is 78.9 Å². The SMILES string of the molecule is CC/C=C\C/C=C\C/C=C\C/C=C\C/C=C\C/C=C\CCCCC(=O)OC(COC(=O)CCCCCCC/C=C\C/C=C\CCCCC)COC(=O)CCCCCCCCCCCCC/C=C\C/C=C\C/C=C\C/C=C\C/C=C\CC. The fraction of sp³-hybridized carbons (Fsp3) is 0.613. The summed E-state index contributed by atoms with van der Waals surface area (Å²) in [5, 5.41) is 0. The van der Waals surface area contributed by atoms with Gasteiger partial charge < -0.3 is 14.2 Å². The fourth-order valence-corrected chi connectivity index (χ4v) is 8.62. The van der Waals surface area contributed by atoms with Crippen molar-refractivity contribution in [3.8, 4) is 0 Å². The minimum atomic E-state index is -0.817. The van der Waals surface area contributed by atoms with E-state index < -0.39 is 6.10 Å². The van der Waals surface area contributed by atoms with E-state index in [4.69, 9.17) is 14.2 Å². The van der Waals surface area contributed by atoms with E-state index in [2.05, 4.69) is 179 Å². The molecule has 0 saturated carbocycles. The van der Waals surface area contributed by atoms with Crippen molar-refractivity contribution in [2.75, 3.05) is 13.2 Å². The van der Waals surface area contributed by atoms with Gasteiger partial charge in [0.1, 0.15) is 13.2 Å². The van der Waals surface area contributed by atoms with Gasteiger partial charge in [0.15, 0.2) is 6.10 Å². The molecule has 456 valence electrons. The van der Waals surface area contributed by atoms with Crippen LogP contribution in [0.2, 0.25) is 0 Å². The van der Waals surface area contributed by atoms with Crippen LogP contribution in [0.5, 0.6) is 0 Å². The maximum absolute atomic E-state index is 12.9. The van der Waals surface area contributed by atoms with Crippen molar-refractivity contribution in [2.24, 2.45) is 0 Å². The third-order valence-corrected chi connectivity index (χ3v) is 13.5. The smallest absolute Gasteiger partial charge is 0.306 e. The Morgan fingerprint density at radius 1 is 0.259 bits per heavy atom. The van der Waals surface area contributed by atoms with Gasteiger partial charge in [0.25, 0.3) is 0 Å². The molecule has 81 heavy (non-hydrogen) atoms. The Bertz CT molecular complexity index is 1810. The summed E-state index contributed by atoms with van der Waals surface area (Å²) < 4.78 is 16.9. The van der Waals surface area contributed by atoms with Crippen molar-refractivity contribution in [3.05, 3.63) is 158 Å². The van der Waals surface area contributed by atoms with Gasteiger partial charge in [-0.25, -0.2) is 0 Å². The minimum Gasteiger partial charge on any atom is -0.462 e. The van der Waals surface area contributed by atoms with E-state index in [1.807, 2.05) is 0 Å². The van der Waals surface area contributed by atoms with E-state index in [0.29, 0.717) is 19.3 Å². The van der Waals surface area contributed by atoms with Gasteiger partial charge in [0.2, 0.25) is 0 Å². The molecule has 0 aliphatic heterocycles. The highest BCUT2D eigenvalue weighted by Gasteiger charge is 2.19. The average molecular weight is 1120 g/mol. The summed E-state index contributed by atoms with van der Waals surface area (Å²) in [5.74, 6) is -0.969. The van der Waals surface area contributed by atoms with E-state index >= 15 is 0 Å². The summed E-state index contributed by atoms with van der Waals surface area (Å²) in [5.41, 5.74) is 0. The normalized spacial score (nSPS) is 13.2. The van der Waals surface area contributed by atoms with Gasteiger partial charge in [-0.05, 0) is 148 Å². The maximum Gasteiger partial charge on any atom is 0.306 e. The Kier molecular flexibility index (Phi) is 63.4. The van der Waals surface area contributed by atoms with Crippen LogP contribution in [-0.2, 0) is 28.6 Å². The van der Waals surface area contributed by atoms with Crippen LogP contribution in [0.3, 0.4) is 0 Å². The van der Waals surface area contributed by atoms with Gasteiger partial charge >= 0.3 is 17.9 Å². The Balaban J connectivity index is 4.45. The lowest BCUT2D eigenvalue weighted by molar-refractivity contribution is -0.167. The molecule has 1 unspecified atom stereocenters. The first-order chi connectivity index (χ1) is 40.0. The van der Waals surface area contributed by atoms with Crippen LogP contribution in [0.1, 0.15) is 278 Å². The molecule has 0 spiro atoms. The zero-order valence-corrected chi connectivity index (χ0v) is 52.2. The number of hydrogen-bond acceptors (Lipinski definition) is 6. The second-order valence-electron chi connectivity index (χ2n) is 21.3. The Morgan fingerprint density at radius 3 is 0.778 bits per heavy atom. The molecular formula is C75H120O6. The largest absolute Gasteiger partial charge is 0.462 e. The highest BCUT2D eigenvalue weighted by Crippen LogP contribution is 2.15. The molecule has 0 N–H and O–H groups in total.